The molecule has 1 aliphatic rings. The number of anilines is 1. The topological polar surface area (TPSA) is 54.2 Å². The van der Waals surface area contributed by atoms with Crippen LogP contribution in [0.15, 0.2) is 47.9 Å². The fourth-order valence-corrected chi connectivity index (χ4v) is 3.21. The van der Waals surface area contributed by atoms with Gasteiger partial charge in [-0.2, -0.15) is 5.10 Å². The van der Waals surface area contributed by atoms with Gasteiger partial charge in [0.1, 0.15) is 0 Å². The van der Waals surface area contributed by atoms with Crippen molar-refractivity contribution in [3.63, 3.8) is 0 Å². The monoisotopic (exact) mass is 361 g/mol. The molecule has 0 saturated heterocycles. The predicted octanol–water partition coefficient (Wildman–Crippen LogP) is 3.67. The summed E-state index contributed by atoms with van der Waals surface area (Å²) in [6.07, 6.45) is 13.3. The van der Waals surface area contributed by atoms with Crippen LogP contribution in [0.3, 0.4) is 0 Å². The highest BCUT2D eigenvalue weighted by atomic mass is 15.3. The van der Waals surface area contributed by atoms with Crippen LogP contribution in [0, 0.1) is 12.3 Å². The number of aromatic nitrogens is 2. The van der Waals surface area contributed by atoms with Gasteiger partial charge in [-0.25, -0.2) is 0 Å². The summed E-state index contributed by atoms with van der Waals surface area (Å²) in [6, 6.07) is 6.46. The number of hydrogen-bond donors (Lipinski definition) is 2. The van der Waals surface area contributed by atoms with Crippen LogP contribution in [-0.4, -0.2) is 35.6 Å². The van der Waals surface area contributed by atoms with Gasteiger partial charge < -0.3 is 10.6 Å². The molecule has 2 N–H and O–H groups in total. The lowest BCUT2D eigenvalue weighted by Crippen LogP contribution is -2.27. The molecule has 1 aromatic heterocycles. The number of hydrogen-bond acceptors (Lipinski definition) is 4. The minimum atomic E-state index is 0.0129. The van der Waals surface area contributed by atoms with E-state index in [4.69, 9.17) is 6.42 Å². The van der Waals surface area contributed by atoms with E-state index in [9.17, 15) is 0 Å². The highest BCUT2D eigenvalue weighted by Gasteiger charge is 2.25. The van der Waals surface area contributed by atoms with Gasteiger partial charge in [0.15, 0.2) is 0 Å². The van der Waals surface area contributed by atoms with E-state index in [0.717, 1.165) is 48.4 Å². The van der Waals surface area contributed by atoms with Crippen LogP contribution in [0.4, 0.5) is 5.69 Å². The molecule has 5 heteroatoms. The fraction of sp³-hybridized carbons (Fsp3) is 0.364. The third-order valence-corrected chi connectivity index (χ3v) is 4.87. The van der Waals surface area contributed by atoms with E-state index in [1.165, 1.54) is 5.56 Å². The van der Waals surface area contributed by atoms with E-state index in [2.05, 4.69) is 64.5 Å². The van der Waals surface area contributed by atoms with Crippen molar-refractivity contribution in [3.05, 3.63) is 48.4 Å². The maximum Gasteiger partial charge on any atom is 0.0883 e. The molecule has 0 fully saturated rings. The van der Waals surface area contributed by atoms with Gasteiger partial charge in [-0.05, 0) is 43.1 Å². The Balaban J connectivity index is 1.91. The van der Waals surface area contributed by atoms with Crippen LogP contribution in [0.2, 0.25) is 0 Å². The molecule has 1 aliphatic heterocycles. The first-order chi connectivity index (χ1) is 13.1. The molecule has 0 aliphatic carbocycles. The number of terminal acetylenes is 1. The first-order valence-corrected chi connectivity index (χ1v) is 9.40. The van der Waals surface area contributed by atoms with Crippen LogP contribution in [0.1, 0.15) is 31.2 Å². The van der Waals surface area contributed by atoms with Gasteiger partial charge in [0.05, 0.1) is 18.8 Å². The van der Waals surface area contributed by atoms with Crippen molar-refractivity contribution < 1.29 is 0 Å². The van der Waals surface area contributed by atoms with Crippen LogP contribution < -0.4 is 10.6 Å². The first kappa shape index (κ1) is 18.9. The summed E-state index contributed by atoms with van der Waals surface area (Å²) in [7, 11) is 1.94. The Kier molecular flexibility index (Phi) is 6.10. The van der Waals surface area contributed by atoms with E-state index in [-0.39, 0.29) is 12.0 Å². The van der Waals surface area contributed by atoms with E-state index in [1.54, 1.807) is 0 Å². The quantitative estimate of drug-likeness (QED) is 0.584. The molecule has 2 atom stereocenters. The van der Waals surface area contributed by atoms with Gasteiger partial charge in [0.25, 0.3) is 0 Å². The smallest absolute Gasteiger partial charge is 0.0883 e. The summed E-state index contributed by atoms with van der Waals surface area (Å²) in [5.74, 6) is 3.00. The highest BCUT2D eigenvalue weighted by molar-refractivity contribution is 5.78. The summed E-state index contributed by atoms with van der Waals surface area (Å²) < 4.78 is 1.96. The summed E-state index contributed by atoms with van der Waals surface area (Å²) in [4.78, 5) is 4.53. The zero-order valence-corrected chi connectivity index (χ0v) is 16.1. The standard InChI is InChI=1S/C22H27N5/c1-5-16(3)24-13-18-11-20(6-2)26-22-8-7-17(12-21(18)22)19-14-25-27(15-19)10-9-23-4/h2,7-8,12-15,18,20,23,26H,3,5,9-11H2,1,4H3/t18?,20-/m0/s1. The third-order valence-electron chi connectivity index (χ3n) is 4.87. The molecule has 27 heavy (non-hydrogen) atoms. The van der Waals surface area contributed by atoms with Crippen molar-refractivity contribution in [1.82, 2.24) is 15.1 Å². The van der Waals surface area contributed by atoms with E-state index in [0.29, 0.717) is 0 Å². The van der Waals surface area contributed by atoms with Crippen molar-refractivity contribution in [2.24, 2.45) is 4.99 Å². The van der Waals surface area contributed by atoms with Crippen LogP contribution in [0.25, 0.3) is 11.1 Å². The molecule has 0 spiro atoms. The summed E-state index contributed by atoms with van der Waals surface area (Å²) >= 11 is 0. The molecule has 0 amide bonds. The van der Waals surface area contributed by atoms with Gasteiger partial charge >= 0.3 is 0 Å². The van der Waals surface area contributed by atoms with E-state index >= 15 is 0 Å². The molecule has 5 nitrogen and oxygen atoms in total. The van der Waals surface area contributed by atoms with Gasteiger partial charge in [-0.15, -0.1) is 6.42 Å². The van der Waals surface area contributed by atoms with Crippen LogP contribution in [-0.2, 0) is 6.54 Å². The molecule has 0 bridgehead atoms. The number of nitrogens with one attached hydrogen (secondary N) is 2. The molecule has 3 rings (SSSR count). The average molecular weight is 361 g/mol. The largest absolute Gasteiger partial charge is 0.371 e. The minimum absolute atomic E-state index is 0.0129. The highest BCUT2D eigenvalue weighted by Crippen LogP contribution is 2.36. The maximum absolute atomic E-state index is 5.68. The number of rotatable bonds is 7. The summed E-state index contributed by atoms with van der Waals surface area (Å²) in [5, 5.41) is 11.0. The zero-order chi connectivity index (χ0) is 19.2. The van der Waals surface area contributed by atoms with E-state index in [1.807, 2.05) is 24.1 Å². The summed E-state index contributed by atoms with van der Waals surface area (Å²) in [5.41, 5.74) is 5.44. The second-order valence-electron chi connectivity index (χ2n) is 6.80. The second kappa shape index (κ2) is 8.70. The second-order valence-corrected chi connectivity index (χ2v) is 6.80. The molecule has 2 aromatic rings. The van der Waals surface area contributed by atoms with Crippen LogP contribution in [0.5, 0.6) is 0 Å². The zero-order valence-electron chi connectivity index (χ0n) is 16.1. The molecule has 2 heterocycles. The van der Waals surface area contributed by atoms with Crippen molar-refractivity contribution in [2.75, 3.05) is 18.9 Å². The van der Waals surface area contributed by atoms with Gasteiger partial charge in [0.2, 0.25) is 0 Å². The average Bonchev–Trinajstić information content (AvgIpc) is 3.18. The lowest BCUT2D eigenvalue weighted by molar-refractivity contribution is 0.585. The molecule has 1 aromatic carbocycles. The fourth-order valence-electron chi connectivity index (χ4n) is 3.21. The number of fused-ring (bicyclic) bond motifs is 1. The van der Waals surface area contributed by atoms with Crippen molar-refractivity contribution >= 4 is 11.9 Å². The van der Waals surface area contributed by atoms with Gasteiger partial charge in [-0.1, -0.05) is 25.5 Å². The number of allylic oxidation sites excluding steroid dienone is 1. The molecule has 1 unspecified atom stereocenters. The molecule has 140 valence electrons. The lowest BCUT2D eigenvalue weighted by atomic mass is 9.86. The number of nitrogens with zero attached hydrogens (tertiary/aromatic N) is 3. The number of aliphatic imine (C=N–C) groups is 1. The third kappa shape index (κ3) is 4.47. The molecular formula is C22H27N5. The van der Waals surface area contributed by atoms with E-state index < -0.39 is 0 Å². The Labute approximate surface area is 161 Å². The molecule has 0 radical (unpaired) electrons. The summed E-state index contributed by atoms with van der Waals surface area (Å²) in [6.45, 7) is 7.77. The van der Waals surface area contributed by atoms with Crippen molar-refractivity contribution in [3.8, 4) is 23.5 Å². The number of likely N-dealkylation sites (N-methyl/N-ethyl adjacent to an activating group) is 1. The Hall–Kier alpha value is -2.84. The maximum atomic E-state index is 5.68. The SMILES string of the molecule is C#C[C@H]1CC(C=NC(=C)CC)c2cc(-c3cnn(CCNC)c3)ccc2N1. The Morgan fingerprint density at radius 3 is 3.11 bits per heavy atom. The van der Waals surface area contributed by atoms with Crippen molar-refractivity contribution in [1.29, 1.82) is 0 Å². The van der Waals surface area contributed by atoms with Gasteiger partial charge in [0, 0.05) is 41.8 Å². The van der Waals surface area contributed by atoms with Crippen LogP contribution >= 0.6 is 0 Å². The molecular weight excluding hydrogens is 334 g/mol. The van der Waals surface area contributed by atoms with Gasteiger partial charge in [-0.3, -0.25) is 9.67 Å². The lowest BCUT2D eigenvalue weighted by Gasteiger charge is -2.29. The number of benzene rings is 1. The Bertz CT molecular complexity index is 871. The molecule has 0 saturated carbocycles. The normalized spacial score (nSPS) is 18.7. The predicted molar refractivity (Wildman–Crippen MR) is 113 cm³/mol. The van der Waals surface area contributed by atoms with Crippen molar-refractivity contribution in [2.45, 2.75) is 38.3 Å². The first-order valence-electron chi connectivity index (χ1n) is 9.40. The Morgan fingerprint density at radius 1 is 1.52 bits per heavy atom. The Morgan fingerprint density at radius 2 is 2.37 bits per heavy atom. The minimum Gasteiger partial charge on any atom is -0.371 e.